The lowest BCUT2D eigenvalue weighted by molar-refractivity contribution is 0.661. The Morgan fingerprint density at radius 1 is 0.311 bits per heavy atom. The summed E-state index contributed by atoms with van der Waals surface area (Å²) in [6.45, 7) is 4.77. The van der Waals surface area contributed by atoms with Gasteiger partial charge < -0.3 is 0 Å². The smallest absolute Gasteiger partial charge is 0.0159 e. The average Bonchev–Trinajstić information content (AvgIpc) is 3.32. The minimum absolute atomic E-state index is 0.113. The van der Waals surface area contributed by atoms with Gasteiger partial charge in [-0.05, 0) is 112 Å². The molecule has 0 saturated carbocycles. The first-order chi connectivity index (χ1) is 22.1. The van der Waals surface area contributed by atoms with Gasteiger partial charge in [0.25, 0.3) is 0 Å². The zero-order valence-corrected chi connectivity index (χ0v) is 25.5. The van der Waals surface area contributed by atoms with Gasteiger partial charge in [-0.3, -0.25) is 0 Å². The van der Waals surface area contributed by atoms with Crippen LogP contribution in [0.15, 0.2) is 158 Å². The second-order valence-corrected chi connectivity index (χ2v) is 12.9. The zero-order valence-electron chi connectivity index (χ0n) is 25.5. The third-order valence-electron chi connectivity index (χ3n) is 10.1. The van der Waals surface area contributed by atoms with E-state index in [1.54, 1.807) is 0 Å². The number of rotatable bonds is 3. The summed E-state index contributed by atoms with van der Waals surface area (Å²) in [5, 5.41) is 7.72. The average molecular weight is 573 g/mol. The van der Waals surface area contributed by atoms with Crippen molar-refractivity contribution in [1.29, 1.82) is 0 Å². The molecule has 0 amide bonds. The fraction of sp³-hybridized carbons (Fsp3) is 0.0667. The van der Waals surface area contributed by atoms with Gasteiger partial charge in [-0.2, -0.15) is 0 Å². The second-order valence-electron chi connectivity index (χ2n) is 12.9. The van der Waals surface area contributed by atoms with Crippen LogP contribution in [0.2, 0.25) is 0 Å². The highest BCUT2D eigenvalue weighted by atomic mass is 14.4. The summed E-state index contributed by atoms with van der Waals surface area (Å²) in [6.07, 6.45) is 0. The van der Waals surface area contributed by atoms with Gasteiger partial charge in [0, 0.05) is 5.41 Å². The fourth-order valence-corrected chi connectivity index (χ4v) is 7.70. The standard InChI is InChI=1S/C45H32/c1-45(2)43-27-32(31-20-19-29-11-3-4-12-30(29)25-31)21-23-40(43)41-24-22-34(28-44(41)45)36-15-7-8-17-38(36)42-26-33-13-5-6-14-35(33)37-16-9-10-18-39(37)42/h3-28H,1-2H3. The van der Waals surface area contributed by atoms with Crippen LogP contribution in [0.3, 0.4) is 0 Å². The quantitative estimate of drug-likeness (QED) is 0.185. The first-order valence-corrected chi connectivity index (χ1v) is 15.9. The van der Waals surface area contributed by atoms with E-state index in [2.05, 4.69) is 172 Å². The van der Waals surface area contributed by atoms with Crippen molar-refractivity contribution in [2.45, 2.75) is 19.3 Å². The summed E-state index contributed by atoms with van der Waals surface area (Å²) in [4.78, 5) is 0. The highest BCUT2D eigenvalue weighted by Gasteiger charge is 2.36. The molecule has 8 aromatic rings. The molecule has 0 heterocycles. The van der Waals surface area contributed by atoms with Crippen molar-refractivity contribution in [1.82, 2.24) is 0 Å². The molecular formula is C45H32. The summed E-state index contributed by atoms with van der Waals surface area (Å²) in [6, 6.07) is 58.4. The molecule has 0 aromatic heterocycles. The Morgan fingerprint density at radius 2 is 0.844 bits per heavy atom. The van der Waals surface area contributed by atoms with Crippen LogP contribution >= 0.6 is 0 Å². The van der Waals surface area contributed by atoms with Crippen molar-refractivity contribution in [3.05, 3.63) is 169 Å². The van der Waals surface area contributed by atoms with E-state index in [-0.39, 0.29) is 5.41 Å². The number of hydrogen-bond donors (Lipinski definition) is 0. The summed E-state index contributed by atoms with van der Waals surface area (Å²) in [5.41, 5.74) is 13.0. The Balaban J connectivity index is 1.17. The Bertz CT molecular complexity index is 2460. The van der Waals surface area contributed by atoms with Crippen LogP contribution in [-0.2, 0) is 5.41 Å². The van der Waals surface area contributed by atoms with E-state index in [4.69, 9.17) is 0 Å². The summed E-state index contributed by atoms with van der Waals surface area (Å²) in [7, 11) is 0. The molecule has 0 fully saturated rings. The lowest BCUT2D eigenvalue weighted by atomic mass is 9.80. The predicted molar refractivity (Wildman–Crippen MR) is 193 cm³/mol. The number of fused-ring (bicyclic) bond motifs is 7. The molecule has 0 spiro atoms. The van der Waals surface area contributed by atoms with E-state index in [1.807, 2.05) is 0 Å². The molecule has 0 radical (unpaired) electrons. The lowest BCUT2D eigenvalue weighted by Crippen LogP contribution is -2.15. The monoisotopic (exact) mass is 572 g/mol. The molecule has 1 aliphatic carbocycles. The molecule has 0 nitrogen and oxygen atoms in total. The highest BCUT2D eigenvalue weighted by Crippen LogP contribution is 2.51. The molecule has 45 heavy (non-hydrogen) atoms. The van der Waals surface area contributed by atoms with Gasteiger partial charge in [0.2, 0.25) is 0 Å². The van der Waals surface area contributed by atoms with E-state index in [9.17, 15) is 0 Å². The van der Waals surface area contributed by atoms with Crippen LogP contribution in [0.4, 0.5) is 0 Å². The minimum atomic E-state index is -0.113. The topological polar surface area (TPSA) is 0 Å². The molecule has 0 aliphatic heterocycles. The van der Waals surface area contributed by atoms with Crippen molar-refractivity contribution in [2.24, 2.45) is 0 Å². The Morgan fingerprint density at radius 3 is 1.62 bits per heavy atom. The summed E-state index contributed by atoms with van der Waals surface area (Å²) < 4.78 is 0. The van der Waals surface area contributed by atoms with Gasteiger partial charge in [0.05, 0.1) is 0 Å². The minimum Gasteiger partial charge on any atom is -0.0616 e. The van der Waals surface area contributed by atoms with Crippen LogP contribution in [0.25, 0.3) is 76.8 Å². The molecule has 212 valence electrons. The first kappa shape index (κ1) is 26.0. The first-order valence-electron chi connectivity index (χ1n) is 15.9. The molecule has 0 saturated heterocycles. The van der Waals surface area contributed by atoms with Crippen molar-refractivity contribution in [3.8, 4) is 44.5 Å². The molecular weight excluding hydrogens is 540 g/mol. The lowest BCUT2D eigenvalue weighted by Gasteiger charge is -2.23. The number of hydrogen-bond acceptors (Lipinski definition) is 0. The van der Waals surface area contributed by atoms with Gasteiger partial charge in [-0.1, -0.05) is 147 Å². The second kappa shape index (κ2) is 9.78. The maximum atomic E-state index is 2.45. The van der Waals surface area contributed by atoms with Crippen LogP contribution in [0.5, 0.6) is 0 Å². The van der Waals surface area contributed by atoms with Gasteiger partial charge in [-0.25, -0.2) is 0 Å². The predicted octanol–water partition coefficient (Wildman–Crippen LogP) is 12.5. The Hall–Kier alpha value is -5.46. The number of benzene rings is 8. The van der Waals surface area contributed by atoms with Crippen LogP contribution in [0.1, 0.15) is 25.0 Å². The van der Waals surface area contributed by atoms with Gasteiger partial charge in [0.15, 0.2) is 0 Å². The molecule has 0 bridgehead atoms. The molecule has 9 rings (SSSR count). The third-order valence-corrected chi connectivity index (χ3v) is 10.1. The Labute approximate surface area is 264 Å². The molecule has 0 N–H and O–H groups in total. The third kappa shape index (κ3) is 3.99. The fourth-order valence-electron chi connectivity index (χ4n) is 7.70. The van der Waals surface area contributed by atoms with Crippen molar-refractivity contribution in [3.63, 3.8) is 0 Å². The molecule has 0 unspecified atom stereocenters. The van der Waals surface area contributed by atoms with E-state index >= 15 is 0 Å². The van der Waals surface area contributed by atoms with E-state index < -0.39 is 0 Å². The van der Waals surface area contributed by atoms with E-state index in [0.29, 0.717) is 0 Å². The highest BCUT2D eigenvalue weighted by molar-refractivity contribution is 6.14. The van der Waals surface area contributed by atoms with Crippen molar-refractivity contribution >= 4 is 32.3 Å². The van der Waals surface area contributed by atoms with E-state index in [1.165, 1.54) is 88.0 Å². The van der Waals surface area contributed by atoms with E-state index in [0.717, 1.165) is 0 Å². The molecule has 1 aliphatic rings. The summed E-state index contributed by atoms with van der Waals surface area (Å²) >= 11 is 0. The zero-order chi connectivity index (χ0) is 30.1. The van der Waals surface area contributed by atoms with Gasteiger partial charge in [0.1, 0.15) is 0 Å². The molecule has 0 atom stereocenters. The van der Waals surface area contributed by atoms with Crippen LogP contribution in [-0.4, -0.2) is 0 Å². The maximum Gasteiger partial charge on any atom is 0.0159 e. The van der Waals surface area contributed by atoms with Gasteiger partial charge in [-0.15, -0.1) is 0 Å². The van der Waals surface area contributed by atoms with Gasteiger partial charge >= 0.3 is 0 Å². The molecule has 0 heteroatoms. The van der Waals surface area contributed by atoms with Crippen molar-refractivity contribution < 1.29 is 0 Å². The van der Waals surface area contributed by atoms with Crippen molar-refractivity contribution in [2.75, 3.05) is 0 Å². The molecule has 8 aromatic carbocycles. The Kier molecular flexibility index (Phi) is 5.64. The SMILES string of the molecule is CC1(C)c2cc(-c3ccc4ccccc4c3)ccc2-c2ccc(-c3ccccc3-c3cc4ccccc4c4ccccc34)cc21. The maximum absolute atomic E-state index is 2.45. The normalized spacial score (nSPS) is 13.3. The van der Waals surface area contributed by atoms with Crippen LogP contribution < -0.4 is 0 Å². The largest absolute Gasteiger partial charge is 0.0616 e. The summed E-state index contributed by atoms with van der Waals surface area (Å²) in [5.74, 6) is 0. The van der Waals surface area contributed by atoms with Crippen LogP contribution in [0, 0.1) is 0 Å².